The fourth-order valence-corrected chi connectivity index (χ4v) is 3.29. The molecule has 0 aromatic carbocycles. The maximum absolute atomic E-state index is 11.7. The van der Waals surface area contributed by atoms with Crippen molar-refractivity contribution in [2.45, 2.75) is 20.4 Å². The molecule has 1 aliphatic heterocycles. The van der Waals surface area contributed by atoms with Gasteiger partial charge < -0.3 is 4.74 Å². The number of nitrogens with zero attached hydrogens (tertiary/aromatic N) is 2. The molecule has 2 rings (SSSR count). The van der Waals surface area contributed by atoms with Gasteiger partial charge in [-0.15, -0.1) is 0 Å². The van der Waals surface area contributed by atoms with Gasteiger partial charge >= 0.3 is 5.97 Å². The molecule has 20 heavy (non-hydrogen) atoms. The molecule has 4 nitrogen and oxygen atoms in total. The van der Waals surface area contributed by atoms with Gasteiger partial charge in [0.15, 0.2) is 0 Å². The normalized spacial score (nSPS) is 23.1. The Labute approximate surface area is 129 Å². The Morgan fingerprint density at radius 1 is 1.50 bits per heavy atom. The third kappa shape index (κ3) is 3.25. The molecule has 1 fully saturated rings. The van der Waals surface area contributed by atoms with Gasteiger partial charge in [0.1, 0.15) is 5.15 Å². The first-order chi connectivity index (χ1) is 9.42. The molecule has 2 unspecified atom stereocenters. The zero-order chi connectivity index (χ0) is 14.9. The number of carbonyl (C=O) groups is 1. The van der Waals surface area contributed by atoms with Crippen LogP contribution in [-0.4, -0.2) is 36.1 Å². The van der Waals surface area contributed by atoms with Gasteiger partial charge in [-0.3, -0.25) is 9.69 Å². The third-order valence-corrected chi connectivity index (χ3v) is 4.37. The summed E-state index contributed by atoms with van der Waals surface area (Å²) in [5.74, 6) is 0.0218. The van der Waals surface area contributed by atoms with Crippen LogP contribution in [-0.2, 0) is 16.1 Å². The van der Waals surface area contributed by atoms with Gasteiger partial charge in [-0.1, -0.05) is 30.1 Å². The van der Waals surface area contributed by atoms with Crippen LogP contribution in [0.25, 0.3) is 0 Å². The molecule has 0 saturated carbocycles. The highest BCUT2D eigenvalue weighted by molar-refractivity contribution is 6.35. The lowest BCUT2D eigenvalue weighted by atomic mass is 9.99. The molecule has 6 heteroatoms. The number of ether oxygens (including phenoxy) is 1. The van der Waals surface area contributed by atoms with Gasteiger partial charge in [-0.25, -0.2) is 4.98 Å². The van der Waals surface area contributed by atoms with Gasteiger partial charge in [0.2, 0.25) is 0 Å². The Balaban J connectivity index is 2.11. The summed E-state index contributed by atoms with van der Waals surface area (Å²) in [6.07, 6.45) is 0. The Hall–Kier alpha value is -0.840. The largest absolute Gasteiger partial charge is 0.469 e. The molecule has 0 N–H and O–H groups in total. The number of halogens is 2. The van der Waals surface area contributed by atoms with Crippen LogP contribution >= 0.6 is 23.2 Å². The van der Waals surface area contributed by atoms with Crippen LogP contribution in [0.15, 0.2) is 6.07 Å². The Morgan fingerprint density at radius 3 is 2.80 bits per heavy atom. The summed E-state index contributed by atoms with van der Waals surface area (Å²) < 4.78 is 4.84. The van der Waals surface area contributed by atoms with E-state index in [2.05, 4.69) is 16.8 Å². The first kappa shape index (κ1) is 15.5. The maximum Gasteiger partial charge on any atom is 0.310 e. The van der Waals surface area contributed by atoms with E-state index in [1.807, 2.05) is 6.92 Å². The predicted octanol–water partition coefficient (Wildman–Crippen LogP) is 2.94. The van der Waals surface area contributed by atoms with Crippen molar-refractivity contribution in [3.63, 3.8) is 0 Å². The average molecular weight is 317 g/mol. The number of pyridine rings is 1. The molecule has 110 valence electrons. The zero-order valence-electron chi connectivity index (χ0n) is 11.8. The van der Waals surface area contributed by atoms with E-state index >= 15 is 0 Å². The summed E-state index contributed by atoms with van der Waals surface area (Å²) in [5, 5.41) is 1.06. The van der Waals surface area contributed by atoms with E-state index in [1.54, 1.807) is 6.07 Å². The number of likely N-dealkylation sites (tertiary alicyclic amines) is 1. The maximum atomic E-state index is 11.7. The standard InChI is InChI=1S/C14H18Cl2N2O2/c1-8-5-18(6-10(8)14(19)20-3)7-11-12(15)4-9(2)17-13(11)16/h4,8,10H,5-7H2,1-3H3. The number of methoxy groups -OCH3 is 1. The van der Waals surface area contributed by atoms with E-state index < -0.39 is 0 Å². The molecule has 1 aromatic rings. The summed E-state index contributed by atoms with van der Waals surface area (Å²) in [5.41, 5.74) is 1.61. The molecule has 2 heterocycles. The van der Waals surface area contributed by atoms with Crippen LogP contribution in [0, 0.1) is 18.8 Å². The van der Waals surface area contributed by atoms with Crippen LogP contribution in [0.5, 0.6) is 0 Å². The molecule has 2 atom stereocenters. The molecule has 1 aromatic heterocycles. The smallest absolute Gasteiger partial charge is 0.310 e. The first-order valence-corrected chi connectivity index (χ1v) is 7.29. The third-order valence-electron chi connectivity index (χ3n) is 3.72. The van der Waals surface area contributed by atoms with E-state index in [4.69, 9.17) is 27.9 Å². The van der Waals surface area contributed by atoms with Crippen molar-refractivity contribution in [1.82, 2.24) is 9.88 Å². The molecule has 1 saturated heterocycles. The number of rotatable bonds is 3. The SMILES string of the molecule is COC(=O)C1CN(Cc2c(Cl)cc(C)nc2Cl)CC1C. The van der Waals surface area contributed by atoms with E-state index in [0.717, 1.165) is 17.8 Å². The van der Waals surface area contributed by atoms with Crippen LogP contribution in [0.1, 0.15) is 18.2 Å². The van der Waals surface area contributed by atoms with Crippen LogP contribution in [0.3, 0.4) is 0 Å². The Bertz CT molecular complexity index is 499. The van der Waals surface area contributed by atoms with Crippen molar-refractivity contribution in [1.29, 1.82) is 0 Å². The van der Waals surface area contributed by atoms with Crippen molar-refractivity contribution in [3.8, 4) is 0 Å². The number of hydrogen-bond acceptors (Lipinski definition) is 4. The van der Waals surface area contributed by atoms with Crippen LogP contribution < -0.4 is 0 Å². The number of carbonyl (C=O) groups excluding carboxylic acids is 1. The molecule has 0 bridgehead atoms. The number of hydrogen-bond donors (Lipinski definition) is 0. The molecular weight excluding hydrogens is 299 g/mol. The predicted molar refractivity (Wildman–Crippen MR) is 78.9 cm³/mol. The summed E-state index contributed by atoms with van der Waals surface area (Å²) >= 11 is 12.4. The van der Waals surface area contributed by atoms with Crippen LogP contribution in [0.4, 0.5) is 0 Å². The first-order valence-electron chi connectivity index (χ1n) is 6.54. The highest BCUT2D eigenvalue weighted by Crippen LogP contribution is 2.30. The molecule has 0 amide bonds. The molecule has 0 spiro atoms. The summed E-state index contributed by atoms with van der Waals surface area (Å²) in [6, 6.07) is 1.81. The quantitative estimate of drug-likeness (QED) is 0.635. The van der Waals surface area contributed by atoms with Crippen LogP contribution in [0.2, 0.25) is 10.2 Å². The fourth-order valence-electron chi connectivity index (χ4n) is 2.64. The number of esters is 1. The summed E-state index contributed by atoms with van der Waals surface area (Å²) in [7, 11) is 1.43. The minimum Gasteiger partial charge on any atom is -0.469 e. The molecule has 0 radical (unpaired) electrons. The topological polar surface area (TPSA) is 42.4 Å². The van der Waals surface area contributed by atoms with Gasteiger partial charge in [0.25, 0.3) is 0 Å². The average Bonchev–Trinajstić information content (AvgIpc) is 2.74. The van der Waals surface area contributed by atoms with Crippen molar-refractivity contribution < 1.29 is 9.53 Å². The fraction of sp³-hybridized carbons (Fsp3) is 0.571. The van der Waals surface area contributed by atoms with Crippen molar-refractivity contribution in [3.05, 3.63) is 27.5 Å². The van der Waals surface area contributed by atoms with Crippen molar-refractivity contribution >= 4 is 29.2 Å². The molecule has 0 aliphatic carbocycles. The van der Waals surface area contributed by atoms with Crippen molar-refractivity contribution in [2.75, 3.05) is 20.2 Å². The van der Waals surface area contributed by atoms with Gasteiger partial charge in [0, 0.05) is 35.9 Å². The van der Waals surface area contributed by atoms with Gasteiger partial charge in [0.05, 0.1) is 13.0 Å². The van der Waals surface area contributed by atoms with E-state index in [9.17, 15) is 4.79 Å². The molecular formula is C14H18Cl2N2O2. The second kappa shape index (κ2) is 6.29. The second-order valence-corrected chi connectivity index (χ2v) is 6.08. The van der Waals surface area contributed by atoms with E-state index in [-0.39, 0.29) is 17.8 Å². The molecule has 1 aliphatic rings. The van der Waals surface area contributed by atoms with Gasteiger partial charge in [-0.05, 0) is 18.9 Å². The highest BCUT2D eigenvalue weighted by atomic mass is 35.5. The second-order valence-electron chi connectivity index (χ2n) is 5.32. The Morgan fingerprint density at radius 2 is 2.20 bits per heavy atom. The summed E-state index contributed by atoms with van der Waals surface area (Å²) in [4.78, 5) is 18.1. The van der Waals surface area contributed by atoms with Gasteiger partial charge in [-0.2, -0.15) is 0 Å². The highest BCUT2D eigenvalue weighted by Gasteiger charge is 2.35. The zero-order valence-corrected chi connectivity index (χ0v) is 13.3. The lowest BCUT2D eigenvalue weighted by Crippen LogP contribution is -2.24. The Kier molecular flexibility index (Phi) is 4.89. The number of aromatic nitrogens is 1. The monoisotopic (exact) mass is 316 g/mol. The minimum atomic E-state index is -0.153. The van der Waals surface area contributed by atoms with E-state index in [0.29, 0.717) is 23.3 Å². The number of aryl methyl sites for hydroxylation is 1. The van der Waals surface area contributed by atoms with E-state index in [1.165, 1.54) is 7.11 Å². The lowest BCUT2D eigenvalue weighted by molar-refractivity contribution is -0.146. The summed E-state index contributed by atoms with van der Waals surface area (Å²) in [6.45, 7) is 5.99. The van der Waals surface area contributed by atoms with Crippen molar-refractivity contribution in [2.24, 2.45) is 11.8 Å². The lowest BCUT2D eigenvalue weighted by Gasteiger charge is -2.17. The minimum absolute atomic E-state index is 0.0871.